The maximum atomic E-state index is 5.65. The van der Waals surface area contributed by atoms with Crippen molar-refractivity contribution in [2.45, 2.75) is 44.8 Å². The molecule has 1 aromatic heterocycles. The van der Waals surface area contributed by atoms with Crippen LogP contribution in [0.1, 0.15) is 29.5 Å². The van der Waals surface area contributed by atoms with Crippen LogP contribution in [0.3, 0.4) is 0 Å². The molecular weight excluding hydrogens is 256 g/mol. The first-order chi connectivity index (χ1) is 9.35. The number of ether oxygens (including phenoxy) is 1. The summed E-state index contributed by atoms with van der Waals surface area (Å²) in [6, 6.07) is 5.90. The highest BCUT2D eigenvalue weighted by atomic mass is 32.1. The Hall–Kier alpha value is -0.420. The van der Waals surface area contributed by atoms with Gasteiger partial charge in [0.15, 0.2) is 0 Å². The van der Waals surface area contributed by atoms with Crippen molar-refractivity contribution in [1.29, 1.82) is 0 Å². The minimum Gasteiger partial charge on any atom is -0.378 e. The highest BCUT2D eigenvalue weighted by molar-refractivity contribution is 7.11. The van der Waals surface area contributed by atoms with E-state index in [4.69, 9.17) is 4.74 Å². The van der Waals surface area contributed by atoms with E-state index in [0.717, 1.165) is 45.3 Å². The molecular formula is C15H24N2OS. The van der Waals surface area contributed by atoms with Crippen molar-refractivity contribution in [2.24, 2.45) is 0 Å². The summed E-state index contributed by atoms with van der Waals surface area (Å²) in [5, 5.41) is 3.64. The van der Waals surface area contributed by atoms with E-state index in [1.807, 2.05) is 11.3 Å². The number of thiophene rings is 1. The van der Waals surface area contributed by atoms with Crippen LogP contribution in [0.4, 0.5) is 0 Å². The van der Waals surface area contributed by atoms with Crippen LogP contribution >= 0.6 is 11.3 Å². The zero-order valence-corrected chi connectivity index (χ0v) is 12.5. The van der Waals surface area contributed by atoms with E-state index < -0.39 is 0 Å². The lowest BCUT2D eigenvalue weighted by molar-refractivity contribution is -0.0106. The molecule has 0 amide bonds. The predicted molar refractivity (Wildman–Crippen MR) is 79.7 cm³/mol. The van der Waals surface area contributed by atoms with Gasteiger partial charge in [-0.05, 0) is 31.4 Å². The van der Waals surface area contributed by atoms with Gasteiger partial charge in [-0.15, -0.1) is 11.3 Å². The summed E-state index contributed by atoms with van der Waals surface area (Å²) in [5.74, 6) is 0. The van der Waals surface area contributed by atoms with Crippen molar-refractivity contribution >= 4 is 11.3 Å². The summed E-state index contributed by atoms with van der Waals surface area (Å²) >= 11 is 1.96. The normalized spacial score (nSPS) is 24.8. The van der Waals surface area contributed by atoms with Crippen molar-refractivity contribution in [3.63, 3.8) is 0 Å². The van der Waals surface area contributed by atoms with Crippen molar-refractivity contribution in [1.82, 2.24) is 10.2 Å². The van der Waals surface area contributed by atoms with Gasteiger partial charge in [0.1, 0.15) is 0 Å². The Morgan fingerprint density at radius 2 is 2.21 bits per heavy atom. The Morgan fingerprint density at radius 3 is 2.95 bits per heavy atom. The molecule has 2 fully saturated rings. The number of hydrogen-bond acceptors (Lipinski definition) is 4. The number of aryl methyl sites for hydroxylation is 1. The van der Waals surface area contributed by atoms with Gasteiger partial charge in [0.25, 0.3) is 0 Å². The second kappa shape index (κ2) is 6.35. The predicted octanol–water partition coefficient (Wildman–Crippen LogP) is 2.26. The molecule has 2 heterocycles. The SMILES string of the molecule is CCc1ccc(CN2CCOCC2CNC2CC2)s1. The van der Waals surface area contributed by atoms with Crippen molar-refractivity contribution < 1.29 is 4.74 Å². The van der Waals surface area contributed by atoms with E-state index in [1.54, 1.807) is 0 Å². The quantitative estimate of drug-likeness (QED) is 0.865. The van der Waals surface area contributed by atoms with Crippen LogP contribution in [0.25, 0.3) is 0 Å². The third-order valence-electron chi connectivity index (χ3n) is 3.99. The molecule has 0 aromatic carbocycles. The summed E-state index contributed by atoms with van der Waals surface area (Å²) in [6.07, 6.45) is 3.87. The fourth-order valence-corrected chi connectivity index (χ4v) is 3.56. The Bertz CT molecular complexity index is 403. The average molecular weight is 280 g/mol. The zero-order chi connectivity index (χ0) is 13.1. The number of morpholine rings is 1. The average Bonchev–Trinajstić information content (AvgIpc) is 3.16. The van der Waals surface area contributed by atoms with E-state index in [2.05, 4.69) is 29.3 Å². The summed E-state index contributed by atoms with van der Waals surface area (Å²) in [6.45, 7) is 7.22. The molecule has 1 aromatic rings. The summed E-state index contributed by atoms with van der Waals surface area (Å²) in [4.78, 5) is 5.58. The molecule has 1 saturated heterocycles. The van der Waals surface area contributed by atoms with Crippen LogP contribution in [0.15, 0.2) is 12.1 Å². The first kappa shape index (κ1) is 13.6. The Morgan fingerprint density at radius 1 is 1.37 bits per heavy atom. The van der Waals surface area contributed by atoms with E-state index in [1.165, 1.54) is 22.6 Å². The second-order valence-corrected chi connectivity index (χ2v) is 6.86. The van der Waals surface area contributed by atoms with Gasteiger partial charge in [-0.2, -0.15) is 0 Å². The van der Waals surface area contributed by atoms with Crippen LogP contribution in [0.5, 0.6) is 0 Å². The molecule has 1 unspecified atom stereocenters. The van der Waals surface area contributed by atoms with Crippen LogP contribution in [0, 0.1) is 0 Å². The Kier molecular flexibility index (Phi) is 4.53. The molecule has 3 rings (SSSR count). The highest BCUT2D eigenvalue weighted by Crippen LogP contribution is 2.22. The summed E-state index contributed by atoms with van der Waals surface area (Å²) < 4.78 is 5.65. The zero-order valence-electron chi connectivity index (χ0n) is 11.7. The molecule has 19 heavy (non-hydrogen) atoms. The molecule has 2 aliphatic rings. The molecule has 1 aliphatic heterocycles. The largest absolute Gasteiger partial charge is 0.378 e. The molecule has 1 N–H and O–H groups in total. The molecule has 1 aliphatic carbocycles. The molecule has 0 spiro atoms. The van der Waals surface area contributed by atoms with Crippen LogP contribution < -0.4 is 5.32 Å². The number of nitrogens with one attached hydrogen (secondary N) is 1. The van der Waals surface area contributed by atoms with Gasteiger partial charge >= 0.3 is 0 Å². The van der Waals surface area contributed by atoms with Gasteiger partial charge in [-0.3, -0.25) is 4.90 Å². The standard InChI is InChI=1S/C15H24N2OS/c1-2-14-5-6-15(19-14)10-17-7-8-18-11-13(17)9-16-12-3-4-12/h5-6,12-13,16H,2-4,7-11H2,1H3. The van der Waals surface area contributed by atoms with Gasteiger partial charge in [-0.1, -0.05) is 6.92 Å². The lowest BCUT2D eigenvalue weighted by Crippen LogP contribution is -2.50. The van der Waals surface area contributed by atoms with Crippen molar-refractivity contribution in [3.05, 3.63) is 21.9 Å². The second-order valence-electron chi connectivity index (χ2n) is 5.60. The van der Waals surface area contributed by atoms with Gasteiger partial charge in [0, 0.05) is 41.5 Å². The fraction of sp³-hybridized carbons (Fsp3) is 0.733. The van der Waals surface area contributed by atoms with Crippen LogP contribution in [0.2, 0.25) is 0 Å². The first-order valence-electron chi connectivity index (χ1n) is 7.48. The van der Waals surface area contributed by atoms with Crippen molar-refractivity contribution in [2.75, 3.05) is 26.3 Å². The topological polar surface area (TPSA) is 24.5 Å². The number of rotatable bonds is 6. The smallest absolute Gasteiger partial charge is 0.0635 e. The summed E-state index contributed by atoms with van der Waals surface area (Å²) in [5.41, 5.74) is 0. The van der Waals surface area contributed by atoms with Gasteiger partial charge in [-0.25, -0.2) is 0 Å². The third-order valence-corrected chi connectivity index (χ3v) is 5.21. The molecule has 0 radical (unpaired) electrons. The fourth-order valence-electron chi connectivity index (χ4n) is 2.57. The monoisotopic (exact) mass is 280 g/mol. The molecule has 0 bridgehead atoms. The molecule has 4 heteroatoms. The Balaban J connectivity index is 1.55. The molecule has 1 saturated carbocycles. The first-order valence-corrected chi connectivity index (χ1v) is 8.29. The van der Waals surface area contributed by atoms with E-state index in [0.29, 0.717) is 6.04 Å². The third kappa shape index (κ3) is 3.78. The van der Waals surface area contributed by atoms with Gasteiger partial charge in [0.05, 0.1) is 13.2 Å². The maximum absolute atomic E-state index is 5.65. The maximum Gasteiger partial charge on any atom is 0.0635 e. The van der Waals surface area contributed by atoms with Crippen LogP contribution in [-0.4, -0.2) is 43.3 Å². The molecule has 106 valence electrons. The highest BCUT2D eigenvalue weighted by Gasteiger charge is 2.27. The van der Waals surface area contributed by atoms with Crippen molar-refractivity contribution in [3.8, 4) is 0 Å². The minimum absolute atomic E-state index is 0.543. The molecule has 3 nitrogen and oxygen atoms in total. The van der Waals surface area contributed by atoms with E-state index in [-0.39, 0.29) is 0 Å². The lowest BCUT2D eigenvalue weighted by atomic mass is 10.2. The van der Waals surface area contributed by atoms with Gasteiger partial charge in [0.2, 0.25) is 0 Å². The molecule has 1 atom stereocenters. The van der Waals surface area contributed by atoms with E-state index >= 15 is 0 Å². The minimum atomic E-state index is 0.543. The number of hydrogen-bond donors (Lipinski definition) is 1. The number of nitrogens with zero attached hydrogens (tertiary/aromatic N) is 1. The Labute approximate surface area is 119 Å². The van der Waals surface area contributed by atoms with Crippen LogP contribution in [-0.2, 0) is 17.7 Å². The van der Waals surface area contributed by atoms with E-state index in [9.17, 15) is 0 Å². The lowest BCUT2D eigenvalue weighted by Gasteiger charge is -2.35. The van der Waals surface area contributed by atoms with Gasteiger partial charge < -0.3 is 10.1 Å². The summed E-state index contributed by atoms with van der Waals surface area (Å²) in [7, 11) is 0.